The van der Waals surface area contributed by atoms with Crippen molar-refractivity contribution in [2.75, 3.05) is 53.7 Å². The van der Waals surface area contributed by atoms with Gasteiger partial charge in [0.1, 0.15) is 24.9 Å². The van der Waals surface area contributed by atoms with E-state index in [1.807, 2.05) is 0 Å². The van der Waals surface area contributed by atoms with Gasteiger partial charge in [0.15, 0.2) is 6.29 Å². The monoisotopic (exact) mass is 772 g/mol. The van der Waals surface area contributed by atoms with Gasteiger partial charge in [-0.2, -0.15) is 0 Å². The van der Waals surface area contributed by atoms with Crippen molar-refractivity contribution in [2.45, 2.75) is 205 Å². The molecule has 0 aromatic rings. The molecule has 1 N–H and O–H groups in total. The molecule has 1 rings (SSSR count). The summed E-state index contributed by atoms with van der Waals surface area (Å²) in [5.74, 6) is -0.481. The highest BCUT2D eigenvalue weighted by Gasteiger charge is 2.46. The highest BCUT2D eigenvalue weighted by molar-refractivity contribution is 5.71. The zero-order valence-corrected chi connectivity index (χ0v) is 35.0. The van der Waals surface area contributed by atoms with E-state index >= 15 is 0 Å². The zero-order chi connectivity index (χ0) is 39.5. The normalized spacial score (nSPS) is 18.3. The van der Waals surface area contributed by atoms with Gasteiger partial charge < -0.3 is 33.5 Å². The van der Waals surface area contributed by atoms with Crippen LogP contribution in [0.5, 0.6) is 0 Å². The van der Waals surface area contributed by atoms with E-state index in [2.05, 4.69) is 13.8 Å². The second kappa shape index (κ2) is 35.6. The Kier molecular flexibility index (Phi) is 33.1. The van der Waals surface area contributed by atoms with Crippen molar-refractivity contribution < 1.29 is 47.9 Å². The third-order valence-corrected chi connectivity index (χ3v) is 9.83. The van der Waals surface area contributed by atoms with Crippen LogP contribution in [0, 0.1) is 0 Å². The Bertz CT molecular complexity index is 903. The Morgan fingerprint density at radius 1 is 0.500 bits per heavy atom. The summed E-state index contributed by atoms with van der Waals surface area (Å²) in [5, 5.41) is 10.7. The predicted molar refractivity (Wildman–Crippen MR) is 213 cm³/mol. The molecule has 0 radical (unpaired) electrons. The highest BCUT2D eigenvalue weighted by atomic mass is 16.7. The first-order valence-corrected chi connectivity index (χ1v) is 22.0. The van der Waals surface area contributed by atoms with Crippen molar-refractivity contribution in [3.8, 4) is 0 Å². The SMILES string of the molecule is CCCCCCCC(=O)OCCCCCCCCCOC1[C@@H](COC(=O)CN(C)C)O[C@@H](O)[C@H]1OCCCCCCCCCOC(=O)CCCCCCC. The Morgan fingerprint density at radius 2 is 0.889 bits per heavy atom. The highest BCUT2D eigenvalue weighted by Crippen LogP contribution is 2.27. The molecule has 0 saturated carbocycles. The number of nitrogens with zero attached hydrogens (tertiary/aromatic N) is 1. The van der Waals surface area contributed by atoms with Crippen molar-refractivity contribution in [3.05, 3.63) is 0 Å². The van der Waals surface area contributed by atoms with Crippen LogP contribution in [0.4, 0.5) is 0 Å². The Labute approximate surface area is 329 Å². The second-order valence-electron chi connectivity index (χ2n) is 15.4. The van der Waals surface area contributed by atoms with Gasteiger partial charge in [-0.05, 0) is 52.6 Å². The number of hydrogen-bond donors (Lipinski definition) is 1. The van der Waals surface area contributed by atoms with E-state index in [0.717, 1.165) is 116 Å². The molecule has 0 spiro atoms. The van der Waals surface area contributed by atoms with Gasteiger partial charge in [0.25, 0.3) is 0 Å². The minimum atomic E-state index is -1.15. The fraction of sp³-hybridized carbons (Fsp3) is 0.930. The third kappa shape index (κ3) is 28.6. The molecule has 0 aliphatic carbocycles. The average Bonchev–Trinajstić information content (AvgIpc) is 3.44. The number of aliphatic hydroxyl groups is 1. The number of rotatable bonds is 38. The van der Waals surface area contributed by atoms with Gasteiger partial charge in [0.05, 0.1) is 19.8 Å². The summed E-state index contributed by atoms with van der Waals surface area (Å²) in [7, 11) is 3.61. The summed E-state index contributed by atoms with van der Waals surface area (Å²) in [6.07, 6.45) is 24.0. The van der Waals surface area contributed by atoms with Crippen molar-refractivity contribution in [1.29, 1.82) is 0 Å². The molecular formula is C43H81NO10. The maximum absolute atomic E-state index is 12.2. The van der Waals surface area contributed by atoms with Crippen molar-refractivity contribution >= 4 is 17.9 Å². The van der Waals surface area contributed by atoms with Crippen molar-refractivity contribution in [2.24, 2.45) is 0 Å². The molecule has 11 heteroatoms. The fourth-order valence-corrected chi connectivity index (χ4v) is 6.58. The van der Waals surface area contributed by atoms with Crippen molar-refractivity contribution in [1.82, 2.24) is 4.90 Å². The zero-order valence-electron chi connectivity index (χ0n) is 35.0. The minimum Gasteiger partial charge on any atom is -0.466 e. The summed E-state index contributed by atoms with van der Waals surface area (Å²) >= 11 is 0. The summed E-state index contributed by atoms with van der Waals surface area (Å²) in [4.78, 5) is 37.6. The molecule has 54 heavy (non-hydrogen) atoms. The van der Waals surface area contributed by atoms with Crippen molar-refractivity contribution in [3.63, 3.8) is 0 Å². The molecular weight excluding hydrogens is 690 g/mol. The van der Waals surface area contributed by atoms with Crippen LogP contribution in [-0.4, -0.2) is 106 Å². The number of carbonyl (C=O) groups excluding carboxylic acids is 3. The van der Waals surface area contributed by atoms with E-state index in [1.54, 1.807) is 19.0 Å². The lowest BCUT2D eigenvalue weighted by Crippen LogP contribution is -2.40. The Hall–Kier alpha value is -1.79. The van der Waals surface area contributed by atoms with Gasteiger partial charge in [-0.1, -0.05) is 129 Å². The summed E-state index contributed by atoms with van der Waals surface area (Å²) in [5.41, 5.74) is 0. The van der Waals surface area contributed by atoms with E-state index in [0.29, 0.717) is 39.3 Å². The van der Waals surface area contributed by atoms with Crippen LogP contribution in [0.3, 0.4) is 0 Å². The molecule has 11 nitrogen and oxygen atoms in total. The Balaban J connectivity index is 2.24. The predicted octanol–water partition coefficient (Wildman–Crippen LogP) is 8.85. The molecule has 1 aliphatic rings. The lowest BCUT2D eigenvalue weighted by molar-refractivity contribution is -0.161. The number of hydrogen-bond acceptors (Lipinski definition) is 11. The summed E-state index contributed by atoms with van der Waals surface area (Å²) in [6, 6.07) is 0. The number of unbranched alkanes of at least 4 members (excludes halogenated alkanes) is 20. The molecule has 1 heterocycles. The number of ether oxygens (including phenoxy) is 6. The molecule has 0 bridgehead atoms. The van der Waals surface area contributed by atoms with Crippen LogP contribution in [0.25, 0.3) is 0 Å². The summed E-state index contributed by atoms with van der Waals surface area (Å²) in [6.45, 7) is 6.58. The molecule has 0 aromatic heterocycles. The molecule has 0 aromatic carbocycles. The van der Waals surface area contributed by atoms with Crippen LogP contribution in [0.2, 0.25) is 0 Å². The molecule has 1 aliphatic heterocycles. The smallest absolute Gasteiger partial charge is 0.320 e. The quantitative estimate of drug-likeness (QED) is 0.0367. The Morgan fingerprint density at radius 3 is 1.33 bits per heavy atom. The lowest BCUT2D eigenvalue weighted by Gasteiger charge is -2.24. The molecule has 318 valence electrons. The van der Waals surface area contributed by atoms with Gasteiger partial charge in [0.2, 0.25) is 0 Å². The van der Waals surface area contributed by atoms with Gasteiger partial charge in [-0.25, -0.2) is 0 Å². The van der Waals surface area contributed by atoms with Crippen LogP contribution in [0.15, 0.2) is 0 Å². The molecule has 1 saturated heterocycles. The topological polar surface area (TPSA) is 130 Å². The lowest BCUT2D eigenvalue weighted by atomic mass is 10.1. The first-order chi connectivity index (χ1) is 26.3. The molecule has 1 unspecified atom stereocenters. The maximum Gasteiger partial charge on any atom is 0.320 e. The fourth-order valence-electron chi connectivity index (χ4n) is 6.58. The first kappa shape index (κ1) is 50.2. The first-order valence-electron chi connectivity index (χ1n) is 22.0. The van der Waals surface area contributed by atoms with E-state index in [-0.39, 0.29) is 31.1 Å². The van der Waals surface area contributed by atoms with Gasteiger partial charge >= 0.3 is 17.9 Å². The number of aliphatic hydroxyl groups excluding tert-OH is 1. The maximum atomic E-state index is 12.2. The van der Waals surface area contributed by atoms with Crippen LogP contribution in [0.1, 0.15) is 181 Å². The van der Waals surface area contributed by atoms with Gasteiger partial charge in [0, 0.05) is 26.1 Å². The van der Waals surface area contributed by atoms with E-state index < -0.39 is 24.6 Å². The van der Waals surface area contributed by atoms with Gasteiger partial charge in [-0.15, -0.1) is 0 Å². The number of carbonyl (C=O) groups is 3. The third-order valence-electron chi connectivity index (χ3n) is 9.83. The molecule has 0 amide bonds. The van der Waals surface area contributed by atoms with Crippen LogP contribution in [-0.2, 0) is 42.8 Å². The number of esters is 3. The van der Waals surface area contributed by atoms with Crippen LogP contribution >= 0.6 is 0 Å². The minimum absolute atomic E-state index is 0.000771. The summed E-state index contributed by atoms with van der Waals surface area (Å²) < 4.78 is 34.3. The largest absolute Gasteiger partial charge is 0.466 e. The second-order valence-corrected chi connectivity index (χ2v) is 15.4. The molecule has 4 atom stereocenters. The molecule has 1 fully saturated rings. The standard InChI is InChI=1S/C43H81NO10/c1-5-7-9-17-23-29-38(45)49-31-25-19-13-11-15-21-27-33-51-41-37(36-53-40(47)35-44(3)4)54-43(48)42(41)52-34-28-22-16-12-14-20-26-32-50-39(46)30-24-18-10-8-6-2/h37,41-43,48H,5-36H2,1-4H3/t37-,41?,42+,43-/m1/s1. The average molecular weight is 772 g/mol. The van der Waals surface area contributed by atoms with E-state index in [9.17, 15) is 19.5 Å². The number of likely N-dealkylation sites (N-methyl/N-ethyl adjacent to an activating group) is 1. The van der Waals surface area contributed by atoms with E-state index in [1.165, 1.54) is 38.5 Å². The van der Waals surface area contributed by atoms with Crippen LogP contribution < -0.4 is 0 Å². The van der Waals surface area contributed by atoms with Gasteiger partial charge in [-0.3, -0.25) is 19.3 Å². The van der Waals surface area contributed by atoms with E-state index in [4.69, 9.17) is 28.4 Å².